The molecule has 0 aliphatic rings. The second-order valence-electron chi connectivity index (χ2n) is 5.35. The summed E-state index contributed by atoms with van der Waals surface area (Å²) < 4.78 is 0.669. The number of amides is 2. The number of anilines is 1. The smallest absolute Gasteiger partial charge is 0.253 e. The van der Waals surface area contributed by atoms with Gasteiger partial charge >= 0.3 is 0 Å². The van der Waals surface area contributed by atoms with Gasteiger partial charge in [-0.3, -0.25) is 9.59 Å². The summed E-state index contributed by atoms with van der Waals surface area (Å²) in [6.07, 6.45) is 0.262. The van der Waals surface area contributed by atoms with E-state index in [0.717, 1.165) is 10.6 Å². The number of carbonyl (C=O) groups is 2. The van der Waals surface area contributed by atoms with Gasteiger partial charge in [-0.25, -0.2) is 0 Å². The van der Waals surface area contributed by atoms with Crippen molar-refractivity contribution in [1.82, 2.24) is 9.88 Å². The van der Waals surface area contributed by atoms with Crippen LogP contribution in [0, 0.1) is 10.9 Å². The predicted molar refractivity (Wildman–Crippen MR) is 100 cm³/mol. The first-order chi connectivity index (χ1) is 11.4. The molecule has 128 valence electrons. The average Bonchev–Trinajstić information content (AvgIpc) is 2.86. The third-order valence-electron chi connectivity index (χ3n) is 3.69. The first kappa shape index (κ1) is 18.4. The van der Waals surface area contributed by atoms with Crippen molar-refractivity contribution >= 4 is 41.1 Å². The largest absolute Gasteiger partial charge is 0.341 e. The molecule has 0 aliphatic carbocycles. The quantitative estimate of drug-likeness (QED) is 0.768. The molecule has 0 bridgehead atoms. The molecule has 0 saturated heterocycles. The highest BCUT2D eigenvalue weighted by molar-refractivity contribution is 7.73. The number of H-pyrrole nitrogens is 1. The standard InChI is InChI=1S/C17H21N3O2S2/c1-4-20(5-2)16(22)12-7-6-8-13(9-12)19-15(21)10-14-11(3)18-17(23)24-14/h6-9H,4-5,10H2,1-3H3,(H,18,23)(H,19,21). The third kappa shape index (κ3) is 4.52. The first-order valence-corrected chi connectivity index (χ1v) is 9.04. The van der Waals surface area contributed by atoms with Gasteiger partial charge in [0.1, 0.15) is 0 Å². The minimum Gasteiger partial charge on any atom is -0.341 e. The van der Waals surface area contributed by atoms with Crippen LogP contribution in [0.3, 0.4) is 0 Å². The third-order valence-corrected chi connectivity index (χ3v) is 5.03. The van der Waals surface area contributed by atoms with Crippen LogP contribution >= 0.6 is 23.6 Å². The number of aromatic nitrogens is 1. The van der Waals surface area contributed by atoms with Crippen LogP contribution in [0.25, 0.3) is 0 Å². The van der Waals surface area contributed by atoms with E-state index in [4.69, 9.17) is 12.2 Å². The van der Waals surface area contributed by atoms with Crippen molar-refractivity contribution < 1.29 is 9.59 Å². The Bertz CT molecular complexity index is 791. The summed E-state index contributed by atoms with van der Waals surface area (Å²) in [5.41, 5.74) is 2.12. The van der Waals surface area contributed by atoms with E-state index < -0.39 is 0 Å². The van der Waals surface area contributed by atoms with Gasteiger partial charge in [-0.1, -0.05) is 6.07 Å². The number of rotatable bonds is 6. The molecule has 0 radical (unpaired) electrons. The minimum atomic E-state index is -0.129. The van der Waals surface area contributed by atoms with E-state index in [1.165, 1.54) is 11.3 Å². The Kier molecular flexibility index (Phi) is 6.28. The molecule has 0 spiro atoms. The Hall–Kier alpha value is -1.99. The number of nitrogens with one attached hydrogen (secondary N) is 2. The summed E-state index contributed by atoms with van der Waals surface area (Å²) in [5, 5.41) is 2.85. The summed E-state index contributed by atoms with van der Waals surface area (Å²) in [6, 6.07) is 7.03. The van der Waals surface area contributed by atoms with Gasteiger partial charge in [0, 0.05) is 34.9 Å². The second-order valence-corrected chi connectivity index (χ2v) is 7.12. The molecule has 0 saturated carbocycles. The Morgan fingerprint density at radius 3 is 2.58 bits per heavy atom. The number of nitrogens with zero attached hydrogens (tertiary/aromatic N) is 1. The number of hydrogen-bond donors (Lipinski definition) is 2. The fourth-order valence-electron chi connectivity index (χ4n) is 2.38. The zero-order valence-electron chi connectivity index (χ0n) is 14.0. The molecule has 24 heavy (non-hydrogen) atoms. The van der Waals surface area contributed by atoms with Crippen LogP contribution in [0.15, 0.2) is 24.3 Å². The van der Waals surface area contributed by atoms with Gasteiger partial charge in [-0.2, -0.15) is 0 Å². The van der Waals surface area contributed by atoms with Gasteiger partial charge in [0.15, 0.2) is 3.95 Å². The molecule has 1 heterocycles. The SMILES string of the molecule is CCN(CC)C(=O)c1cccc(NC(=O)Cc2sc(=S)[nH]c2C)c1. The highest BCUT2D eigenvalue weighted by Gasteiger charge is 2.14. The Morgan fingerprint density at radius 1 is 1.29 bits per heavy atom. The van der Waals surface area contributed by atoms with E-state index in [2.05, 4.69) is 10.3 Å². The van der Waals surface area contributed by atoms with Gasteiger partial charge in [-0.15, -0.1) is 11.3 Å². The van der Waals surface area contributed by atoms with E-state index in [1.807, 2.05) is 20.8 Å². The fraction of sp³-hybridized carbons (Fsp3) is 0.353. The maximum absolute atomic E-state index is 12.4. The highest BCUT2D eigenvalue weighted by atomic mass is 32.1. The minimum absolute atomic E-state index is 0.0319. The van der Waals surface area contributed by atoms with Crippen LogP contribution < -0.4 is 5.32 Å². The zero-order valence-corrected chi connectivity index (χ0v) is 15.6. The Balaban J connectivity index is 2.09. The molecular weight excluding hydrogens is 342 g/mol. The topological polar surface area (TPSA) is 65.2 Å². The van der Waals surface area contributed by atoms with Crippen molar-refractivity contribution in [3.63, 3.8) is 0 Å². The lowest BCUT2D eigenvalue weighted by atomic mass is 10.1. The van der Waals surface area contributed by atoms with E-state index >= 15 is 0 Å². The average molecular weight is 364 g/mol. The number of carbonyl (C=O) groups excluding carboxylic acids is 2. The summed E-state index contributed by atoms with van der Waals surface area (Å²) in [4.78, 5) is 30.3. The van der Waals surface area contributed by atoms with Crippen LogP contribution in [0.4, 0.5) is 5.69 Å². The summed E-state index contributed by atoms with van der Waals surface area (Å²) in [7, 11) is 0. The number of aromatic amines is 1. The molecule has 5 nitrogen and oxygen atoms in total. The lowest BCUT2D eigenvalue weighted by Crippen LogP contribution is -2.30. The first-order valence-electron chi connectivity index (χ1n) is 7.82. The molecule has 0 aliphatic heterocycles. The van der Waals surface area contributed by atoms with Crippen LogP contribution in [0.2, 0.25) is 0 Å². The Morgan fingerprint density at radius 2 is 2.00 bits per heavy atom. The van der Waals surface area contributed by atoms with Crippen molar-refractivity contribution in [3.8, 4) is 0 Å². The van der Waals surface area contributed by atoms with Crippen molar-refractivity contribution in [3.05, 3.63) is 44.4 Å². The van der Waals surface area contributed by atoms with Crippen LogP contribution in [-0.4, -0.2) is 34.8 Å². The number of benzene rings is 1. The zero-order chi connectivity index (χ0) is 17.7. The van der Waals surface area contributed by atoms with Crippen molar-refractivity contribution in [1.29, 1.82) is 0 Å². The van der Waals surface area contributed by atoms with Gasteiger partial charge < -0.3 is 15.2 Å². The van der Waals surface area contributed by atoms with Crippen LogP contribution in [0.1, 0.15) is 34.8 Å². The number of hydrogen-bond acceptors (Lipinski definition) is 4. The van der Waals surface area contributed by atoms with Gasteiger partial charge in [-0.05, 0) is 51.2 Å². The molecule has 2 rings (SSSR count). The maximum Gasteiger partial charge on any atom is 0.253 e. The van der Waals surface area contributed by atoms with Gasteiger partial charge in [0.2, 0.25) is 5.91 Å². The predicted octanol–water partition coefficient (Wildman–Crippen LogP) is 3.78. The van der Waals surface area contributed by atoms with Crippen molar-refractivity contribution in [2.45, 2.75) is 27.2 Å². The van der Waals surface area contributed by atoms with Gasteiger partial charge in [0.25, 0.3) is 5.91 Å². The van der Waals surface area contributed by atoms with Gasteiger partial charge in [0.05, 0.1) is 6.42 Å². The van der Waals surface area contributed by atoms with Crippen LogP contribution in [0.5, 0.6) is 0 Å². The lowest BCUT2D eigenvalue weighted by molar-refractivity contribution is -0.115. The monoisotopic (exact) mass is 363 g/mol. The summed E-state index contributed by atoms with van der Waals surface area (Å²) in [6.45, 7) is 7.10. The maximum atomic E-state index is 12.4. The summed E-state index contributed by atoms with van der Waals surface area (Å²) >= 11 is 6.49. The Labute approximate surface area is 150 Å². The molecule has 2 amide bonds. The van der Waals surface area contributed by atoms with E-state index in [9.17, 15) is 9.59 Å². The van der Waals surface area contributed by atoms with Crippen molar-refractivity contribution in [2.24, 2.45) is 0 Å². The molecular formula is C17H21N3O2S2. The molecule has 1 aromatic heterocycles. The number of thiazole rings is 1. The fourth-order valence-corrected chi connectivity index (χ4v) is 3.67. The van der Waals surface area contributed by atoms with E-state index in [-0.39, 0.29) is 18.2 Å². The molecule has 2 N–H and O–H groups in total. The van der Waals surface area contributed by atoms with Crippen molar-refractivity contribution in [2.75, 3.05) is 18.4 Å². The number of aryl methyl sites for hydroxylation is 1. The van der Waals surface area contributed by atoms with E-state index in [0.29, 0.717) is 28.3 Å². The van der Waals surface area contributed by atoms with Crippen LogP contribution in [-0.2, 0) is 11.2 Å². The lowest BCUT2D eigenvalue weighted by Gasteiger charge is -2.19. The molecule has 0 unspecified atom stereocenters. The molecule has 7 heteroatoms. The molecule has 1 aromatic carbocycles. The second kappa shape index (κ2) is 8.21. The highest BCUT2D eigenvalue weighted by Crippen LogP contribution is 2.17. The molecule has 0 fully saturated rings. The summed E-state index contributed by atoms with van der Waals surface area (Å²) in [5.74, 6) is -0.161. The van der Waals surface area contributed by atoms with E-state index in [1.54, 1.807) is 29.2 Å². The molecule has 2 aromatic rings. The molecule has 0 atom stereocenters. The normalized spacial score (nSPS) is 10.5.